The molecule has 0 aliphatic heterocycles. The fraction of sp³-hybridized carbons (Fsp3) is 0.600. The van der Waals surface area contributed by atoms with Gasteiger partial charge in [-0.15, -0.1) is 0 Å². The van der Waals surface area contributed by atoms with Crippen molar-refractivity contribution >= 4 is 0 Å². The maximum absolute atomic E-state index is 9.72. The highest BCUT2D eigenvalue weighted by atomic mass is 16.5. The Kier molecular flexibility index (Phi) is 6.12. The first kappa shape index (κ1) is 15.8. The molecule has 0 fully saturated rings. The van der Waals surface area contributed by atoms with E-state index in [9.17, 15) is 5.11 Å². The minimum absolute atomic E-state index is 0.463. The molecule has 0 saturated heterocycles. The molecule has 0 atom stereocenters. The molecule has 2 N–H and O–H groups in total. The fourth-order valence-electron chi connectivity index (χ4n) is 1.73. The molecular weight excluding hydrogens is 242 g/mol. The molecule has 0 amide bonds. The highest BCUT2D eigenvalue weighted by Crippen LogP contribution is 2.31. The molecule has 0 saturated carbocycles. The molecule has 1 rings (SSSR count). The fourth-order valence-corrected chi connectivity index (χ4v) is 1.73. The van der Waals surface area contributed by atoms with E-state index in [0.29, 0.717) is 19.6 Å². The first-order chi connectivity index (χ1) is 8.98. The molecule has 1 aromatic carbocycles. The van der Waals surface area contributed by atoms with Crippen LogP contribution in [-0.2, 0) is 6.54 Å². The van der Waals surface area contributed by atoms with Gasteiger partial charge < -0.3 is 19.9 Å². The molecule has 0 bridgehead atoms. The van der Waals surface area contributed by atoms with E-state index in [4.69, 9.17) is 9.47 Å². The molecule has 4 nitrogen and oxygen atoms in total. The summed E-state index contributed by atoms with van der Waals surface area (Å²) >= 11 is 0. The smallest absolute Gasteiger partial charge is 0.165 e. The molecule has 0 aliphatic carbocycles. The highest BCUT2D eigenvalue weighted by Gasteiger charge is 2.15. The van der Waals surface area contributed by atoms with Gasteiger partial charge in [0.05, 0.1) is 18.8 Å². The van der Waals surface area contributed by atoms with Gasteiger partial charge in [-0.2, -0.15) is 0 Å². The van der Waals surface area contributed by atoms with E-state index in [-0.39, 0.29) is 0 Å². The summed E-state index contributed by atoms with van der Waals surface area (Å²) in [6.45, 7) is 7.29. The average molecular weight is 267 g/mol. The molecule has 4 heteroatoms. The standard InChI is InChI=1S/C15H25NO3/c1-5-18-13-8-6-7-12(11-16-4)14(13)19-10-9-15(2,3)17/h6-8,16-17H,5,9-11H2,1-4H3. The van der Waals surface area contributed by atoms with E-state index in [1.165, 1.54) is 0 Å². The Balaban J connectivity index is 2.81. The molecule has 108 valence electrons. The van der Waals surface area contributed by atoms with E-state index in [2.05, 4.69) is 5.32 Å². The van der Waals surface area contributed by atoms with E-state index in [0.717, 1.165) is 23.6 Å². The van der Waals surface area contributed by atoms with Gasteiger partial charge in [0.2, 0.25) is 0 Å². The van der Waals surface area contributed by atoms with Crippen LogP contribution in [0.25, 0.3) is 0 Å². The first-order valence-corrected chi connectivity index (χ1v) is 6.72. The Morgan fingerprint density at radius 3 is 2.58 bits per heavy atom. The van der Waals surface area contributed by atoms with Crippen molar-refractivity contribution in [3.05, 3.63) is 23.8 Å². The van der Waals surface area contributed by atoms with Gasteiger partial charge in [-0.05, 0) is 33.9 Å². The lowest BCUT2D eigenvalue weighted by Crippen LogP contribution is -2.22. The summed E-state index contributed by atoms with van der Waals surface area (Å²) in [5, 5.41) is 12.8. The second-order valence-corrected chi connectivity index (χ2v) is 5.12. The quantitative estimate of drug-likeness (QED) is 0.759. The Morgan fingerprint density at radius 1 is 1.26 bits per heavy atom. The van der Waals surface area contributed by atoms with Crippen molar-refractivity contribution in [1.82, 2.24) is 5.32 Å². The normalized spacial score (nSPS) is 11.4. The highest BCUT2D eigenvalue weighted by molar-refractivity contribution is 5.46. The van der Waals surface area contributed by atoms with Crippen molar-refractivity contribution in [2.45, 2.75) is 39.3 Å². The van der Waals surface area contributed by atoms with Crippen molar-refractivity contribution < 1.29 is 14.6 Å². The van der Waals surface area contributed by atoms with Crippen LogP contribution in [0.15, 0.2) is 18.2 Å². The molecule has 0 spiro atoms. The van der Waals surface area contributed by atoms with Crippen molar-refractivity contribution in [2.24, 2.45) is 0 Å². The Morgan fingerprint density at radius 2 is 2.00 bits per heavy atom. The zero-order valence-corrected chi connectivity index (χ0v) is 12.3. The Labute approximate surface area is 115 Å². The second kappa shape index (κ2) is 7.36. The zero-order valence-electron chi connectivity index (χ0n) is 12.3. The van der Waals surface area contributed by atoms with Gasteiger partial charge in [0.15, 0.2) is 11.5 Å². The van der Waals surface area contributed by atoms with E-state index in [1.54, 1.807) is 13.8 Å². The summed E-state index contributed by atoms with van der Waals surface area (Å²) < 4.78 is 11.4. The lowest BCUT2D eigenvalue weighted by Gasteiger charge is -2.20. The maximum Gasteiger partial charge on any atom is 0.165 e. The third-order valence-electron chi connectivity index (χ3n) is 2.69. The van der Waals surface area contributed by atoms with Crippen LogP contribution < -0.4 is 14.8 Å². The predicted molar refractivity (Wildman–Crippen MR) is 76.8 cm³/mol. The van der Waals surface area contributed by atoms with Gasteiger partial charge in [0.25, 0.3) is 0 Å². The van der Waals surface area contributed by atoms with Gasteiger partial charge in [-0.3, -0.25) is 0 Å². The topological polar surface area (TPSA) is 50.7 Å². The van der Waals surface area contributed by atoms with Crippen LogP contribution in [-0.4, -0.2) is 31.0 Å². The summed E-state index contributed by atoms with van der Waals surface area (Å²) in [6.07, 6.45) is 0.576. The van der Waals surface area contributed by atoms with Crippen LogP contribution in [0.1, 0.15) is 32.8 Å². The number of benzene rings is 1. The lowest BCUT2D eigenvalue weighted by atomic mass is 10.1. The monoisotopic (exact) mass is 267 g/mol. The summed E-state index contributed by atoms with van der Waals surface area (Å²) in [5.41, 5.74) is 0.341. The number of nitrogens with one attached hydrogen (secondary N) is 1. The molecule has 0 aliphatic rings. The van der Waals surface area contributed by atoms with E-state index < -0.39 is 5.60 Å². The molecule has 0 radical (unpaired) electrons. The SMILES string of the molecule is CCOc1cccc(CNC)c1OCCC(C)(C)O. The van der Waals surface area contributed by atoms with Crippen LogP contribution in [0.5, 0.6) is 11.5 Å². The van der Waals surface area contributed by atoms with E-state index in [1.807, 2.05) is 32.2 Å². The number of para-hydroxylation sites is 1. The number of hydrogen-bond acceptors (Lipinski definition) is 4. The molecule has 19 heavy (non-hydrogen) atoms. The molecule has 0 unspecified atom stereocenters. The number of rotatable bonds is 8. The number of aliphatic hydroxyl groups is 1. The van der Waals surface area contributed by atoms with Gasteiger partial charge in [0.1, 0.15) is 0 Å². The average Bonchev–Trinajstić information content (AvgIpc) is 2.31. The van der Waals surface area contributed by atoms with Crippen LogP contribution in [0.3, 0.4) is 0 Å². The van der Waals surface area contributed by atoms with E-state index >= 15 is 0 Å². The molecular formula is C15H25NO3. The summed E-state index contributed by atoms with van der Waals surface area (Å²) in [5.74, 6) is 1.52. The third kappa shape index (κ3) is 5.49. The summed E-state index contributed by atoms with van der Waals surface area (Å²) in [4.78, 5) is 0. The lowest BCUT2D eigenvalue weighted by molar-refractivity contribution is 0.0546. The maximum atomic E-state index is 9.72. The van der Waals surface area contributed by atoms with Gasteiger partial charge in [-0.1, -0.05) is 12.1 Å². The predicted octanol–water partition coefficient (Wildman–Crippen LogP) is 2.34. The van der Waals surface area contributed by atoms with Crippen molar-refractivity contribution in [3.63, 3.8) is 0 Å². The van der Waals surface area contributed by atoms with Gasteiger partial charge in [0, 0.05) is 18.5 Å². The molecule has 1 aromatic rings. The third-order valence-corrected chi connectivity index (χ3v) is 2.69. The minimum Gasteiger partial charge on any atom is -0.490 e. The van der Waals surface area contributed by atoms with Crippen LogP contribution in [0.2, 0.25) is 0 Å². The van der Waals surface area contributed by atoms with Crippen molar-refractivity contribution in [2.75, 3.05) is 20.3 Å². The molecule has 0 aromatic heterocycles. The number of hydrogen-bond donors (Lipinski definition) is 2. The Hall–Kier alpha value is -1.26. The largest absolute Gasteiger partial charge is 0.490 e. The second-order valence-electron chi connectivity index (χ2n) is 5.12. The van der Waals surface area contributed by atoms with Gasteiger partial charge in [-0.25, -0.2) is 0 Å². The van der Waals surface area contributed by atoms with Gasteiger partial charge >= 0.3 is 0 Å². The Bertz CT molecular complexity index is 361. The van der Waals surface area contributed by atoms with Crippen LogP contribution >= 0.6 is 0 Å². The summed E-state index contributed by atoms with van der Waals surface area (Å²) in [7, 11) is 1.90. The first-order valence-electron chi connectivity index (χ1n) is 6.72. The van der Waals surface area contributed by atoms with Crippen molar-refractivity contribution in [1.29, 1.82) is 0 Å². The molecule has 0 heterocycles. The number of ether oxygens (including phenoxy) is 2. The van der Waals surface area contributed by atoms with Crippen molar-refractivity contribution in [3.8, 4) is 11.5 Å². The van der Waals surface area contributed by atoms with Crippen LogP contribution in [0.4, 0.5) is 0 Å². The minimum atomic E-state index is -0.719. The van der Waals surface area contributed by atoms with Crippen LogP contribution in [0, 0.1) is 0 Å². The summed E-state index contributed by atoms with van der Waals surface area (Å²) in [6, 6.07) is 5.88. The zero-order chi connectivity index (χ0) is 14.3.